The number of guanidine groups is 1. The number of unbranched alkanes of at least 4 members (excludes halogenated alkanes) is 3. The number of carbonyl (C=O) groups is 1. The van der Waals surface area contributed by atoms with Crippen LogP contribution in [0, 0.1) is 0 Å². The standard InChI is InChI=1S/C16H32N4O/c1-4-6-7-8-9-13(3)19-16(17-5-2)18-12-15(21)20-14-10-11-14/h13-14H,4-12H2,1-3H3,(H,20,21)(H2,17,18,19). The summed E-state index contributed by atoms with van der Waals surface area (Å²) < 4.78 is 0. The van der Waals surface area contributed by atoms with Crippen molar-refractivity contribution in [1.29, 1.82) is 0 Å². The summed E-state index contributed by atoms with van der Waals surface area (Å²) in [5, 5.41) is 9.53. The second-order valence-corrected chi connectivity index (χ2v) is 5.93. The molecule has 0 saturated heterocycles. The predicted octanol–water partition coefficient (Wildman–Crippen LogP) is 2.18. The summed E-state index contributed by atoms with van der Waals surface area (Å²) in [7, 11) is 0. The number of carbonyl (C=O) groups excluding carboxylic acids is 1. The van der Waals surface area contributed by atoms with Crippen LogP contribution in [0.1, 0.15) is 65.7 Å². The molecule has 1 aliphatic rings. The maximum absolute atomic E-state index is 11.7. The largest absolute Gasteiger partial charge is 0.357 e. The van der Waals surface area contributed by atoms with E-state index in [9.17, 15) is 4.79 Å². The van der Waals surface area contributed by atoms with Crippen LogP contribution in [0.5, 0.6) is 0 Å². The zero-order valence-electron chi connectivity index (χ0n) is 13.9. The molecule has 0 heterocycles. The van der Waals surface area contributed by atoms with Crippen LogP contribution in [-0.2, 0) is 4.79 Å². The van der Waals surface area contributed by atoms with Crippen LogP contribution in [0.3, 0.4) is 0 Å². The lowest BCUT2D eigenvalue weighted by Crippen LogP contribution is -2.43. The maximum atomic E-state index is 11.7. The normalized spacial score (nSPS) is 16.4. The van der Waals surface area contributed by atoms with Crippen LogP contribution in [0.2, 0.25) is 0 Å². The molecule has 0 aliphatic heterocycles. The van der Waals surface area contributed by atoms with E-state index in [1.165, 1.54) is 25.7 Å². The lowest BCUT2D eigenvalue weighted by Gasteiger charge is -2.17. The van der Waals surface area contributed by atoms with Gasteiger partial charge in [0, 0.05) is 18.6 Å². The van der Waals surface area contributed by atoms with E-state index in [1.54, 1.807) is 0 Å². The minimum absolute atomic E-state index is 0.0188. The van der Waals surface area contributed by atoms with Crippen molar-refractivity contribution in [3.8, 4) is 0 Å². The molecular weight excluding hydrogens is 264 g/mol. The Morgan fingerprint density at radius 1 is 1.24 bits per heavy atom. The zero-order valence-corrected chi connectivity index (χ0v) is 13.9. The molecule has 1 rings (SSSR count). The van der Waals surface area contributed by atoms with E-state index in [1.807, 2.05) is 6.92 Å². The van der Waals surface area contributed by atoms with Crippen LogP contribution in [0.4, 0.5) is 0 Å². The van der Waals surface area contributed by atoms with Gasteiger partial charge in [-0.1, -0.05) is 32.6 Å². The van der Waals surface area contributed by atoms with Gasteiger partial charge in [0.1, 0.15) is 6.54 Å². The molecule has 122 valence electrons. The van der Waals surface area contributed by atoms with Gasteiger partial charge in [-0.25, -0.2) is 4.99 Å². The summed E-state index contributed by atoms with van der Waals surface area (Å²) >= 11 is 0. The summed E-state index contributed by atoms with van der Waals surface area (Å²) in [5.74, 6) is 0.761. The number of nitrogens with zero attached hydrogens (tertiary/aromatic N) is 1. The van der Waals surface area contributed by atoms with Crippen molar-refractivity contribution < 1.29 is 4.79 Å². The van der Waals surface area contributed by atoms with E-state index in [-0.39, 0.29) is 12.5 Å². The molecule has 21 heavy (non-hydrogen) atoms. The van der Waals surface area contributed by atoms with Gasteiger partial charge in [0.15, 0.2) is 5.96 Å². The maximum Gasteiger partial charge on any atom is 0.242 e. The van der Waals surface area contributed by atoms with E-state index in [0.717, 1.165) is 31.8 Å². The van der Waals surface area contributed by atoms with Gasteiger partial charge < -0.3 is 16.0 Å². The minimum atomic E-state index is 0.0188. The lowest BCUT2D eigenvalue weighted by molar-refractivity contribution is -0.119. The molecule has 0 bridgehead atoms. The molecule has 1 unspecified atom stereocenters. The molecule has 5 heteroatoms. The van der Waals surface area contributed by atoms with Gasteiger partial charge in [0.25, 0.3) is 0 Å². The highest BCUT2D eigenvalue weighted by Gasteiger charge is 2.22. The third-order valence-electron chi connectivity index (χ3n) is 3.54. The fourth-order valence-electron chi connectivity index (χ4n) is 2.15. The molecule has 3 N–H and O–H groups in total. The molecule has 1 fully saturated rings. The van der Waals surface area contributed by atoms with Crippen molar-refractivity contribution in [2.45, 2.75) is 77.8 Å². The summed E-state index contributed by atoms with van der Waals surface area (Å²) in [6, 6.07) is 0.784. The van der Waals surface area contributed by atoms with Gasteiger partial charge in [0.2, 0.25) is 5.91 Å². The van der Waals surface area contributed by atoms with Gasteiger partial charge in [-0.05, 0) is 33.1 Å². The number of amides is 1. The fraction of sp³-hybridized carbons (Fsp3) is 0.875. The SMILES string of the molecule is CCCCCCC(C)NC(=NCC(=O)NC1CC1)NCC. The molecule has 0 aromatic rings. The second-order valence-electron chi connectivity index (χ2n) is 5.93. The van der Waals surface area contributed by atoms with Crippen LogP contribution < -0.4 is 16.0 Å². The summed E-state index contributed by atoms with van der Waals surface area (Å²) in [5.41, 5.74) is 0. The van der Waals surface area contributed by atoms with Crippen molar-refractivity contribution in [2.24, 2.45) is 4.99 Å². The Morgan fingerprint density at radius 3 is 2.62 bits per heavy atom. The molecule has 1 aliphatic carbocycles. The van der Waals surface area contributed by atoms with E-state index in [4.69, 9.17) is 0 Å². The molecule has 0 aromatic carbocycles. The number of hydrogen-bond donors (Lipinski definition) is 3. The van der Waals surface area contributed by atoms with Gasteiger partial charge in [-0.3, -0.25) is 4.79 Å². The summed E-state index contributed by atoms with van der Waals surface area (Å²) in [4.78, 5) is 16.0. The van der Waals surface area contributed by atoms with Crippen molar-refractivity contribution in [1.82, 2.24) is 16.0 Å². The Labute approximate surface area is 129 Å². The van der Waals surface area contributed by atoms with Crippen molar-refractivity contribution in [2.75, 3.05) is 13.1 Å². The van der Waals surface area contributed by atoms with Crippen molar-refractivity contribution in [3.63, 3.8) is 0 Å². The van der Waals surface area contributed by atoms with Gasteiger partial charge in [-0.15, -0.1) is 0 Å². The first-order valence-electron chi connectivity index (χ1n) is 8.49. The molecular formula is C16H32N4O. The van der Waals surface area contributed by atoms with Crippen molar-refractivity contribution >= 4 is 11.9 Å². The highest BCUT2D eigenvalue weighted by atomic mass is 16.2. The smallest absolute Gasteiger partial charge is 0.242 e. The lowest BCUT2D eigenvalue weighted by atomic mass is 10.1. The van der Waals surface area contributed by atoms with E-state index in [2.05, 4.69) is 34.8 Å². The van der Waals surface area contributed by atoms with Crippen LogP contribution >= 0.6 is 0 Å². The number of hydrogen-bond acceptors (Lipinski definition) is 2. The minimum Gasteiger partial charge on any atom is -0.357 e. The van der Waals surface area contributed by atoms with Crippen LogP contribution in [0.15, 0.2) is 4.99 Å². The van der Waals surface area contributed by atoms with E-state index >= 15 is 0 Å². The summed E-state index contributed by atoms with van der Waals surface area (Å²) in [6.45, 7) is 7.44. The molecule has 0 radical (unpaired) electrons. The Hall–Kier alpha value is -1.26. The third kappa shape index (κ3) is 9.32. The van der Waals surface area contributed by atoms with Crippen LogP contribution in [0.25, 0.3) is 0 Å². The Kier molecular flexibility index (Phi) is 8.87. The first-order valence-corrected chi connectivity index (χ1v) is 8.49. The predicted molar refractivity (Wildman–Crippen MR) is 88.5 cm³/mol. The summed E-state index contributed by atoms with van der Waals surface area (Å²) in [6.07, 6.45) is 8.47. The molecule has 0 aromatic heterocycles. The van der Waals surface area contributed by atoms with Crippen molar-refractivity contribution in [3.05, 3.63) is 0 Å². The van der Waals surface area contributed by atoms with Gasteiger partial charge in [0.05, 0.1) is 0 Å². The van der Waals surface area contributed by atoms with Gasteiger partial charge in [-0.2, -0.15) is 0 Å². The highest BCUT2D eigenvalue weighted by Crippen LogP contribution is 2.18. The first kappa shape index (κ1) is 17.8. The highest BCUT2D eigenvalue weighted by molar-refractivity contribution is 5.85. The molecule has 1 saturated carbocycles. The second kappa shape index (κ2) is 10.5. The number of aliphatic imine (C=N–C) groups is 1. The average molecular weight is 296 g/mol. The van der Waals surface area contributed by atoms with E-state index in [0.29, 0.717) is 12.1 Å². The quantitative estimate of drug-likeness (QED) is 0.329. The molecule has 1 atom stereocenters. The number of nitrogens with one attached hydrogen (secondary N) is 3. The topological polar surface area (TPSA) is 65.5 Å². The number of rotatable bonds is 10. The Bertz CT molecular complexity index is 326. The molecule has 1 amide bonds. The van der Waals surface area contributed by atoms with E-state index < -0.39 is 0 Å². The third-order valence-corrected chi connectivity index (χ3v) is 3.54. The average Bonchev–Trinajstić information content (AvgIpc) is 3.25. The first-order chi connectivity index (χ1) is 10.2. The zero-order chi connectivity index (χ0) is 15.5. The molecule has 0 spiro atoms. The van der Waals surface area contributed by atoms with Gasteiger partial charge >= 0.3 is 0 Å². The fourth-order valence-corrected chi connectivity index (χ4v) is 2.15. The monoisotopic (exact) mass is 296 g/mol. The van der Waals surface area contributed by atoms with Crippen LogP contribution in [-0.4, -0.2) is 37.0 Å². The Balaban J connectivity index is 2.27. The Morgan fingerprint density at radius 2 is 2.00 bits per heavy atom. The molecule has 5 nitrogen and oxygen atoms in total.